The van der Waals surface area contributed by atoms with E-state index < -0.39 is 11.9 Å². The number of nitrogens with one attached hydrogen (secondary N) is 2. The van der Waals surface area contributed by atoms with Gasteiger partial charge in [-0.25, -0.2) is 9.48 Å². The molecular formula is C12H19N5O2. The van der Waals surface area contributed by atoms with Crippen LogP contribution in [0.4, 0.5) is 4.79 Å². The Labute approximate surface area is 111 Å². The first-order chi connectivity index (χ1) is 9.15. The van der Waals surface area contributed by atoms with Gasteiger partial charge in [0.2, 0.25) is 5.91 Å². The van der Waals surface area contributed by atoms with Crippen LogP contribution in [0, 0.1) is 5.92 Å². The van der Waals surface area contributed by atoms with Crippen molar-refractivity contribution in [1.29, 1.82) is 0 Å². The molecule has 0 bridgehead atoms. The molecule has 0 aliphatic heterocycles. The Kier molecular flexibility index (Phi) is 4.48. The fourth-order valence-electron chi connectivity index (χ4n) is 2.37. The average molecular weight is 265 g/mol. The zero-order chi connectivity index (χ0) is 13.7. The molecule has 7 heteroatoms. The second-order valence-electron chi connectivity index (χ2n) is 4.99. The van der Waals surface area contributed by atoms with Gasteiger partial charge >= 0.3 is 6.03 Å². The molecule has 3 amide bonds. The van der Waals surface area contributed by atoms with Crippen LogP contribution in [-0.4, -0.2) is 33.0 Å². The SMILES string of the molecule is C[C@@H]1CCCC[C@@H]1NC(=O)NC(=O)Cn1ccnn1. The first-order valence-electron chi connectivity index (χ1n) is 6.59. The Morgan fingerprint density at radius 3 is 2.84 bits per heavy atom. The lowest BCUT2D eigenvalue weighted by molar-refractivity contribution is -0.120. The second-order valence-corrected chi connectivity index (χ2v) is 4.99. The lowest BCUT2D eigenvalue weighted by atomic mass is 9.86. The van der Waals surface area contributed by atoms with Crippen molar-refractivity contribution in [3.05, 3.63) is 12.4 Å². The summed E-state index contributed by atoms with van der Waals surface area (Å²) in [4.78, 5) is 23.3. The number of rotatable bonds is 3. The van der Waals surface area contributed by atoms with E-state index in [1.54, 1.807) is 6.20 Å². The number of hydrogen-bond acceptors (Lipinski definition) is 4. The number of carbonyl (C=O) groups excluding carboxylic acids is 2. The summed E-state index contributed by atoms with van der Waals surface area (Å²) in [5.41, 5.74) is 0. The molecule has 1 aliphatic carbocycles. The fraction of sp³-hybridized carbons (Fsp3) is 0.667. The van der Waals surface area contributed by atoms with E-state index in [-0.39, 0.29) is 12.6 Å². The van der Waals surface area contributed by atoms with E-state index in [0.29, 0.717) is 5.92 Å². The first-order valence-corrected chi connectivity index (χ1v) is 6.59. The summed E-state index contributed by atoms with van der Waals surface area (Å²) in [6, 6.07) is -0.267. The summed E-state index contributed by atoms with van der Waals surface area (Å²) >= 11 is 0. The van der Waals surface area contributed by atoms with Gasteiger partial charge in [-0.15, -0.1) is 5.10 Å². The molecule has 1 heterocycles. The maximum absolute atomic E-state index is 11.7. The number of imide groups is 1. The van der Waals surface area contributed by atoms with Gasteiger partial charge in [-0.3, -0.25) is 10.1 Å². The highest BCUT2D eigenvalue weighted by molar-refractivity contribution is 5.94. The lowest BCUT2D eigenvalue weighted by Gasteiger charge is -2.29. The molecule has 7 nitrogen and oxygen atoms in total. The number of nitrogens with zero attached hydrogens (tertiary/aromatic N) is 3. The first kappa shape index (κ1) is 13.5. The highest BCUT2D eigenvalue weighted by atomic mass is 16.2. The topological polar surface area (TPSA) is 88.9 Å². The van der Waals surface area contributed by atoms with E-state index in [1.165, 1.54) is 17.3 Å². The standard InChI is InChI=1S/C12H19N5O2/c1-9-4-2-3-5-10(9)14-12(19)15-11(18)8-17-7-6-13-16-17/h6-7,9-10H,2-5,8H2,1H3,(H2,14,15,18,19)/t9-,10+/m1/s1. The van der Waals surface area contributed by atoms with E-state index in [1.807, 2.05) is 0 Å². The van der Waals surface area contributed by atoms with Crippen LogP contribution < -0.4 is 10.6 Å². The Bertz CT molecular complexity index is 431. The lowest BCUT2D eigenvalue weighted by Crippen LogP contribution is -2.48. The van der Waals surface area contributed by atoms with Crippen molar-refractivity contribution < 1.29 is 9.59 Å². The van der Waals surface area contributed by atoms with Crippen LogP contribution >= 0.6 is 0 Å². The van der Waals surface area contributed by atoms with Gasteiger partial charge in [-0.05, 0) is 18.8 Å². The van der Waals surface area contributed by atoms with Gasteiger partial charge in [0.1, 0.15) is 6.54 Å². The normalized spacial score (nSPS) is 22.8. The van der Waals surface area contributed by atoms with Crippen molar-refractivity contribution in [2.24, 2.45) is 5.92 Å². The van der Waals surface area contributed by atoms with Crippen LogP contribution in [0.5, 0.6) is 0 Å². The molecule has 1 saturated carbocycles. The third-order valence-electron chi connectivity index (χ3n) is 3.46. The highest BCUT2D eigenvalue weighted by Crippen LogP contribution is 2.23. The number of amides is 3. The molecule has 104 valence electrons. The summed E-state index contributed by atoms with van der Waals surface area (Å²) in [6.07, 6.45) is 7.50. The van der Waals surface area contributed by atoms with Crippen LogP contribution in [0.25, 0.3) is 0 Å². The number of hydrogen-bond donors (Lipinski definition) is 2. The number of aromatic nitrogens is 3. The maximum atomic E-state index is 11.7. The van der Waals surface area contributed by atoms with Crippen molar-refractivity contribution >= 4 is 11.9 Å². The third-order valence-corrected chi connectivity index (χ3v) is 3.46. The van der Waals surface area contributed by atoms with Crippen molar-refractivity contribution in [1.82, 2.24) is 25.6 Å². The minimum absolute atomic E-state index is 0.00631. The molecule has 2 atom stereocenters. The van der Waals surface area contributed by atoms with Crippen molar-refractivity contribution in [2.75, 3.05) is 0 Å². The van der Waals surface area contributed by atoms with E-state index in [4.69, 9.17) is 0 Å². The van der Waals surface area contributed by atoms with Crippen LogP contribution in [0.15, 0.2) is 12.4 Å². The quantitative estimate of drug-likeness (QED) is 0.841. The van der Waals surface area contributed by atoms with Crippen LogP contribution in [0.1, 0.15) is 32.6 Å². The largest absolute Gasteiger partial charge is 0.335 e. The minimum atomic E-state index is -0.427. The fourth-order valence-corrected chi connectivity index (χ4v) is 2.37. The van der Waals surface area contributed by atoms with Gasteiger partial charge in [-0.1, -0.05) is 25.0 Å². The van der Waals surface area contributed by atoms with Gasteiger partial charge in [0.15, 0.2) is 0 Å². The summed E-state index contributed by atoms with van der Waals surface area (Å²) in [6.45, 7) is 2.12. The third kappa shape index (κ3) is 4.04. The maximum Gasteiger partial charge on any atom is 0.321 e. The van der Waals surface area contributed by atoms with E-state index in [0.717, 1.165) is 19.3 Å². The van der Waals surface area contributed by atoms with Crippen molar-refractivity contribution in [3.63, 3.8) is 0 Å². The molecular weight excluding hydrogens is 246 g/mol. The second kappa shape index (κ2) is 6.31. The molecule has 2 rings (SSSR count). The molecule has 2 N–H and O–H groups in total. The molecule has 1 aliphatic rings. The van der Waals surface area contributed by atoms with Gasteiger partial charge in [0.05, 0.1) is 6.20 Å². The van der Waals surface area contributed by atoms with E-state index in [2.05, 4.69) is 27.9 Å². The molecule has 1 aromatic heterocycles. The Morgan fingerprint density at radius 1 is 1.37 bits per heavy atom. The molecule has 1 fully saturated rings. The molecule has 0 unspecified atom stereocenters. The van der Waals surface area contributed by atoms with Crippen LogP contribution in [-0.2, 0) is 11.3 Å². The summed E-state index contributed by atoms with van der Waals surface area (Å²) in [5.74, 6) is 0.0661. The summed E-state index contributed by atoms with van der Waals surface area (Å²) in [5, 5.41) is 12.4. The molecule has 1 aromatic rings. The van der Waals surface area contributed by atoms with E-state index >= 15 is 0 Å². The van der Waals surface area contributed by atoms with Crippen LogP contribution in [0.2, 0.25) is 0 Å². The average Bonchev–Trinajstić information content (AvgIpc) is 2.84. The number of carbonyl (C=O) groups is 2. The highest BCUT2D eigenvalue weighted by Gasteiger charge is 2.23. The van der Waals surface area contributed by atoms with Crippen molar-refractivity contribution in [3.8, 4) is 0 Å². The molecule has 19 heavy (non-hydrogen) atoms. The van der Waals surface area contributed by atoms with E-state index in [9.17, 15) is 9.59 Å². The van der Waals surface area contributed by atoms with Gasteiger partial charge in [0, 0.05) is 12.2 Å². The van der Waals surface area contributed by atoms with Gasteiger partial charge in [-0.2, -0.15) is 0 Å². The zero-order valence-electron chi connectivity index (χ0n) is 11.0. The Morgan fingerprint density at radius 2 is 2.16 bits per heavy atom. The van der Waals surface area contributed by atoms with Gasteiger partial charge < -0.3 is 5.32 Å². The van der Waals surface area contributed by atoms with Crippen LogP contribution in [0.3, 0.4) is 0 Å². The zero-order valence-corrected chi connectivity index (χ0v) is 11.0. The molecule has 0 saturated heterocycles. The molecule has 0 radical (unpaired) electrons. The summed E-state index contributed by atoms with van der Waals surface area (Å²) < 4.78 is 1.37. The van der Waals surface area contributed by atoms with Gasteiger partial charge in [0.25, 0.3) is 0 Å². The minimum Gasteiger partial charge on any atom is -0.335 e. The monoisotopic (exact) mass is 265 g/mol. The Balaban J connectivity index is 1.75. The number of urea groups is 1. The smallest absolute Gasteiger partial charge is 0.321 e. The Hall–Kier alpha value is -1.92. The molecule has 0 spiro atoms. The predicted molar refractivity (Wildman–Crippen MR) is 68.1 cm³/mol. The predicted octanol–water partition coefficient (Wildman–Crippen LogP) is 0.683. The van der Waals surface area contributed by atoms with Crippen molar-refractivity contribution in [2.45, 2.75) is 45.2 Å². The summed E-state index contributed by atoms with van der Waals surface area (Å²) in [7, 11) is 0. The molecule has 0 aromatic carbocycles.